The summed E-state index contributed by atoms with van der Waals surface area (Å²) < 4.78 is 0. The highest BCUT2D eigenvalue weighted by Gasteiger charge is 2.38. The monoisotopic (exact) mass is 375 g/mol. The summed E-state index contributed by atoms with van der Waals surface area (Å²) in [6.07, 6.45) is 4.30. The van der Waals surface area contributed by atoms with E-state index in [0.29, 0.717) is 0 Å². The van der Waals surface area contributed by atoms with Gasteiger partial charge in [0.25, 0.3) is 0 Å². The van der Waals surface area contributed by atoms with Crippen LogP contribution in [0, 0.1) is 26.7 Å². The van der Waals surface area contributed by atoms with Crippen molar-refractivity contribution in [3.05, 3.63) is 28.8 Å². The predicted octanol–water partition coefficient (Wildman–Crippen LogP) is 3.23. The highest BCUT2D eigenvalue weighted by Crippen LogP contribution is 2.30. The average Bonchev–Trinajstić information content (AvgIpc) is 2.58. The highest BCUT2D eigenvalue weighted by molar-refractivity contribution is 8.01. The van der Waals surface area contributed by atoms with E-state index in [9.17, 15) is 9.59 Å². The van der Waals surface area contributed by atoms with Gasteiger partial charge in [-0.1, -0.05) is 30.5 Å². The summed E-state index contributed by atoms with van der Waals surface area (Å²) in [4.78, 5) is 25.0. The summed E-state index contributed by atoms with van der Waals surface area (Å²) in [7, 11) is 0. The van der Waals surface area contributed by atoms with Crippen molar-refractivity contribution in [3.8, 4) is 0 Å². The minimum atomic E-state index is -0.270. The standard InChI is InChI=1S/C20H29N3O2S/c1-11-9-12(2)17(13(3)10-11)22-18(24)14(4)26-20-21-16-8-6-5-7-15(16)19(25)23-20/h9-10,14-16,20-21H,5-8H2,1-4H3,(H,22,24)(H,23,25). The molecule has 1 aliphatic heterocycles. The maximum atomic E-state index is 12.7. The summed E-state index contributed by atoms with van der Waals surface area (Å²) in [6.45, 7) is 7.97. The Morgan fingerprint density at radius 1 is 1.19 bits per heavy atom. The van der Waals surface area contributed by atoms with Gasteiger partial charge in [-0.2, -0.15) is 0 Å². The fraction of sp³-hybridized carbons (Fsp3) is 0.600. The van der Waals surface area contributed by atoms with E-state index in [4.69, 9.17) is 0 Å². The van der Waals surface area contributed by atoms with Gasteiger partial charge in [-0.15, -0.1) is 11.8 Å². The zero-order chi connectivity index (χ0) is 18.8. The zero-order valence-electron chi connectivity index (χ0n) is 16.0. The number of hydrogen-bond donors (Lipinski definition) is 3. The zero-order valence-corrected chi connectivity index (χ0v) is 16.8. The Hall–Kier alpha value is -1.53. The van der Waals surface area contributed by atoms with Gasteiger partial charge < -0.3 is 10.6 Å². The molecule has 2 amide bonds. The van der Waals surface area contributed by atoms with Gasteiger partial charge in [-0.25, -0.2) is 0 Å². The number of amides is 2. The normalized spacial score (nSPS) is 26.6. The van der Waals surface area contributed by atoms with Crippen LogP contribution in [0.4, 0.5) is 5.69 Å². The van der Waals surface area contributed by atoms with Crippen LogP contribution in [0.25, 0.3) is 0 Å². The molecule has 1 saturated heterocycles. The van der Waals surface area contributed by atoms with Gasteiger partial charge in [0.2, 0.25) is 11.8 Å². The third-order valence-corrected chi connectivity index (χ3v) is 6.52. The van der Waals surface area contributed by atoms with Crippen molar-refractivity contribution in [1.29, 1.82) is 0 Å². The molecule has 2 aliphatic rings. The van der Waals surface area contributed by atoms with Gasteiger partial charge in [0.05, 0.1) is 11.2 Å². The minimum Gasteiger partial charge on any atom is -0.331 e. The first kappa shape index (κ1) is 19.2. The van der Waals surface area contributed by atoms with Gasteiger partial charge in [-0.3, -0.25) is 14.9 Å². The predicted molar refractivity (Wildman–Crippen MR) is 107 cm³/mol. The molecule has 1 aliphatic carbocycles. The molecule has 0 aromatic heterocycles. The molecule has 1 aromatic carbocycles. The van der Waals surface area contributed by atoms with Crippen molar-refractivity contribution in [2.45, 2.75) is 70.2 Å². The molecule has 2 fully saturated rings. The number of nitrogens with one attached hydrogen (secondary N) is 3. The van der Waals surface area contributed by atoms with Crippen molar-refractivity contribution in [2.75, 3.05) is 5.32 Å². The Morgan fingerprint density at radius 2 is 1.85 bits per heavy atom. The van der Waals surface area contributed by atoms with Crippen LogP contribution in [0.5, 0.6) is 0 Å². The van der Waals surface area contributed by atoms with Crippen LogP contribution in [-0.4, -0.2) is 28.6 Å². The molecule has 4 unspecified atom stereocenters. The van der Waals surface area contributed by atoms with E-state index in [1.807, 2.05) is 20.8 Å². The van der Waals surface area contributed by atoms with Crippen LogP contribution in [-0.2, 0) is 9.59 Å². The molecule has 3 rings (SSSR count). The maximum Gasteiger partial charge on any atom is 0.237 e. The maximum absolute atomic E-state index is 12.7. The number of aryl methyl sites for hydroxylation is 3. The Balaban J connectivity index is 1.60. The van der Waals surface area contributed by atoms with E-state index in [1.165, 1.54) is 23.7 Å². The molecule has 1 heterocycles. The first-order chi connectivity index (χ1) is 12.3. The number of hydrogen-bond acceptors (Lipinski definition) is 4. The minimum absolute atomic E-state index is 0.0353. The topological polar surface area (TPSA) is 70.2 Å². The number of fused-ring (bicyclic) bond motifs is 1. The second-order valence-corrected chi connectivity index (χ2v) is 9.04. The molecule has 26 heavy (non-hydrogen) atoms. The lowest BCUT2D eigenvalue weighted by Gasteiger charge is -2.40. The molecule has 1 aromatic rings. The van der Waals surface area contributed by atoms with E-state index >= 15 is 0 Å². The molecule has 0 bridgehead atoms. The quantitative estimate of drug-likeness (QED) is 0.756. The number of carbonyl (C=O) groups is 2. The fourth-order valence-corrected chi connectivity index (χ4v) is 5.09. The lowest BCUT2D eigenvalue weighted by atomic mass is 9.83. The number of thioether (sulfide) groups is 1. The molecular weight excluding hydrogens is 346 g/mol. The van der Waals surface area contributed by atoms with Crippen molar-refractivity contribution in [3.63, 3.8) is 0 Å². The number of benzene rings is 1. The van der Waals surface area contributed by atoms with Crippen LogP contribution in [0.3, 0.4) is 0 Å². The molecular formula is C20H29N3O2S. The van der Waals surface area contributed by atoms with Crippen LogP contribution >= 0.6 is 11.8 Å². The Bertz CT molecular complexity index is 683. The molecule has 6 heteroatoms. The molecule has 1 saturated carbocycles. The number of carbonyl (C=O) groups excluding carboxylic acids is 2. The second kappa shape index (κ2) is 8.01. The van der Waals surface area contributed by atoms with Gasteiger partial charge in [0.1, 0.15) is 5.50 Å². The van der Waals surface area contributed by atoms with Crippen molar-refractivity contribution in [2.24, 2.45) is 5.92 Å². The van der Waals surface area contributed by atoms with Crippen LogP contribution in [0.1, 0.15) is 49.3 Å². The summed E-state index contributed by atoms with van der Waals surface area (Å²) in [5.41, 5.74) is 4.02. The Kier molecular flexibility index (Phi) is 5.92. The van der Waals surface area contributed by atoms with Crippen LogP contribution < -0.4 is 16.0 Å². The average molecular weight is 376 g/mol. The SMILES string of the molecule is Cc1cc(C)c(NC(=O)C(C)SC2NC(=O)C3CCCCC3N2)c(C)c1. The van der Waals surface area contributed by atoms with E-state index in [2.05, 4.69) is 35.0 Å². The van der Waals surface area contributed by atoms with Crippen molar-refractivity contribution in [1.82, 2.24) is 10.6 Å². The smallest absolute Gasteiger partial charge is 0.237 e. The van der Waals surface area contributed by atoms with Gasteiger partial charge in [-0.05, 0) is 51.7 Å². The van der Waals surface area contributed by atoms with E-state index in [-0.39, 0.29) is 34.5 Å². The Labute approximate surface area is 160 Å². The lowest BCUT2D eigenvalue weighted by Crippen LogP contribution is -2.61. The number of rotatable bonds is 4. The highest BCUT2D eigenvalue weighted by atomic mass is 32.2. The third-order valence-electron chi connectivity index (χ3n) is 5.38. The van der Waals surface area contributed by atoms with Crippen molar-refractivity contribution < 1.29 is 9.59 Å². The van der Waals surface area contributed by atoms with Crippen molar-refractivity contribution >= 4 is 29.3 Å². The lowest BCUT2D eigenvalue weighted by molar-refractivity contribution is -0.129. The summed E-state index contributed by atoms with van der Waals surface area (Å²) in [6, 6.07) is 4.39. The number of anilines is 1. The van der Waals surface area contributed by atoms with E-state index in [0.717, 1.165) is 36.1 Å². The molecule has 0 spiro atoms. The van der Waals surface area contributed by atoms with E-state index < -0.39 is 0 Å². The van der Waals surface area contributed by atoms with Gasteiger partial charge >= 0.3 is 0 Å². The Morgan fingerprint density at radius 3 is 2.54 bits per heavy atom. The first-order valence-electron chi connectivity index (χ1n) is 9.45. The first-order valence-corrected chi connectivity index (χ1v) is 10.4. The van der Waals surface area contributed by atoms with Gasteiger partial charge in [0, 0.05) is 11.7 Å². The van der Waals surface area contributed by atoms with E-state index in [1.54, 1.807) is 0 Å². The molecule has 142 valence electrons. The largest absolute Gasteiger partial charge is 0.331 e. The second-order valence-electron chi connectivity index (χ2n) is 7.59. The summed E-state index contributed by atoms with van der Waals surface area (Å²) in [5, 5.41) is 9.34. The summed E-state index contributed by atoms with van der Waals surface area (Å²) >= 11 is 1.47. The van der Waals surface area contributed by atoms with Crippen LogP contribution in [0.15, 0.2) is 12.1 Å². The summed E-state index contributed by atoms with van der Waals surface area (Å²) in [5.74, 6) is 0.179. The van der Waals surface area contributed by atoms with Crippen LogP contribution in [0.2, 0.25) is 0 Å². The third kappa shape index (κ3) is 4.23. The molecule has 3 N–H and O–H groups in total. The molecule has 4 atom stereocenters. The fourth-order valence-electron chi connectivity index (χ4n) is 4.06. The van der Waals surface area contributed by atoms with Gasteiger partial charge in [0.15, 0.2) is 0 Å². The molecule has 5 nitrogen and oxygen atoms in total. The molecule has 0 radical (unpaired) electrons.